The van der Waals surface area contributed by atoms with E-state index in [0.29, 0.717) is 37.5 Å². The third-order valence-corrected chi connectivity index (χ3v) is 7.79. The van der Waals surface area contributed by atoms with E-state index >= 15 is 0 Å². The summed E-state index contributed by atoms with van der Waals surface area (Å²) in [5, 5.41) is 10.6. The summed E-state index contributed by atoms with van der Waals surface area (Å²) in [6.45, 7) is 5.41. The number of hydrogen-bond acceptors (Lipinski definition) is 9. The molecule has 0 amide bonds. The van der Waals surface area contributed by atoms with Gasteiger partial charge in [-0.05, 0) is 67.8 Å². The molecule has 3 aromatic rings. The molecule has 41 heavy (non-hydrogen) atoms. The van der Waals surface area contributed by atoms with Gasteiger partial charge in [-0.1, -0.05) is 35.3 Å². The average molecular weight is 617 g/mol. The summed E-state index contributed by atoms with van der Waals surface area (Å²) in [7, 11) is 1.47. The molecule has 1 heterocycles. The van der Waals surface area contributed by atoms with E-state index in [9.17, 15) is 19.6 Å². The number of methoxy groups -OCH3 is 1. The molecule has 0 unspecified atom stereocenters. The van der Waals surface area contributed by atoms with E-state index in [1.54, 1.807) is 57.2 Å². The van der Waals surface area contributed by atoms with Gasteiger partial charge in [0, 0.05) is 11.3 Å². The lowest BCUT2D eigenvalue weighted by atomic mass is 10.0. The molecular formula is C30H27Cl2NO7S. The number of ether oxygens (including phenoxy) is 4. The fraction of sp³-hybridized carbons (Fsp3) is 0.267. The van der Waals surface area contributed by atoms with Crippen LogP contribution in [-0.2, 0) is 27.3 Å². The second-order valence-electron chi connectivity index (χ2n) is 8.51. The molecule has 0 N–H and O–H groups in total. The minimum Gasteiger partial charge on any atom is -0.493 e. The molecule has 0 saturated carbocycles. The lowest BCUT2D eigenvalue weighted by Crippen LogP contribution is -2.12. The van der Waals surface area contributed by atoms with Crippen LogP contribution in [0.15, 0.2) is 42.0 Å². The Bertz CT molecular complexity index is 1540. The SMILES string of the molecule is CCOC(=O)c1sc(CC(=O)/C(C#N)=C/c2ccc(OCc3ccc(Cl)c(Cl)c3)c(OC)c2)c(C(=O)OCC)c1C. The van der Waals surface area contributed by atoms with Crippen LogP contribution in [0.2, 0.25) is 10.0 Å². The van der Waals surface area contributed by atoms with Gasteiger partial charge in [0.2, 0.25) is 0 Å². The van der Waals surface area contributed by atoms with Crippen molar-refractivity contribution in [3.05, 3.63) is 84.0 Å². The quantitative estimate of drug-likeness (QED) is 0.121. The van der Waals surface area contributed by atoms with E-state index in [-0.39, 0.29) is 42.3 Å². The van der Waals surface area contributed by atoms with Gasteiger partial charge in [-0.2, -0.15) is 5.26 Å². The number of benzene rings is 2. The predicted octanol–water partition coefficient (Wildman–Crippen LogP) is 7.02. The highest BCUT2D eigenvalue weighted by atomic mass is 35.5. The van der Waals surface area contributed by atoms with Crippen molar-refractivity contribution in [1.29, 1.82) is 5.26 Å². The van der Waals surface area contributed by atoms with Crippen LogP contribution >= 0.6 is 34.5 Å². The molecule has 0 spiro atoms. The Kier molecular flexibility index (Phi) is 11.4. The normalized spacial score (nSPS) is 11.0. The van der Waals surface area contributed by atoms with E-state index in [1.807, 2.05) is 6.07 Å². The Morgan fingerprint density at radius 1 is 0.976 bits per heavy atom. The van der Waals surface area contributed by atoms with Crippen molar-refractivity contribution < 1.29 is 33.3 Å². The summed E-state index contributed by atoms with van der Waals surface area (Å²) in [5.41, 5.74) is 1.69. The van der Waals surface area contributed by atoms with Gasteiger partial charge >= 0.3 is 11.9 Å². The standard InChI is InChI=1S/C30H27Cl2NO7S/c1-5-38-29(35)27-17(3)28(30(36)39-6-2)41-26(27)14-23(34)20(15-33)11-18-8-10-24(25(13-18)37-4)40-16-19-7-9-21(31)22(32)12-19/h7-13H,5-6,14,16H2,1-4H3/b20-11+. The van der Waals surface area contributed by atoms with Crippen molar-refractivity contribution >= 4 is 58.3 Å². The van der Waals surface area contributed by atoms with Gasteiger partial charge in [0.1, 0.15) is 17.6 Å². The zero-order chi connectivity index (χ0) is 30.1. The number of allylic oxidation sites excluding steroid dienone is 1. The lowest BCUT2D eigenvalue weighted by Gasteiger charge is -2.12. The fourth-order valence-electron chi connectivity index (χ4n) is 3.83. The largest absolute Gasteiger partial charge is 0.493 e. The van der Waals surface area contributed by atoms with Crippen molar-refractivity contribution in [1.82, 2.24) is 0 Å². The number of nitrogens with zero attached hydrogens (tertiary/aromatic N) is 1. The van der Waals surface area contributed by atoms with Gasteiger partial charge in [-0.3, -0.25) is 4.79 Å². The molecule has 0 saturated heterocycles. The maximum Gasteiger partial charge on any atom is 0.348 e. The van der Waals surface area contributed by atoms with Crippen molar-refractivity contribution in [2.75, 3.05) is 20.3 Å². The van der Waals surface area contributed by atoms with Gasteiger partial charge in [0.15, 0.2) is 17.3 Å². The zero-order valence-electron chi connectivity index (χ0n) is 22.8. The summed E-state index contributed by atoms with van der Waals surface area (Å²) in [4.78, 5) is 38.8. The first-order chi connectivity index (χ1) is 19.6. The predicted molar refractivity (Wildman–Crippen MR) is 157 cm³/mol. The first-order valence-electron chi connectivity index (χ1n) is 12.5. The number of rotatable bonds is 12. The van der Waals surface area contributed by atoms with Crippen LogP contribution in [0.5, 0.6) is 11.5 Å². The maximum atomic E-state index is 13.2. The molecule has 0 radical (unpaired) electrons. The number of nitriles is 1. The van der Waals surface area contributed by atoms with Crippen molar-refractivity contribution in [3.8, 4) is 17.6 Å². The lowest BCUT2D eigenvalue weighted by molar-refractivity contribution is -0.114. The van der Waals surface area contributed by atoms with Crippen LogP contribution in [0.3, 0.4) is 0 Å². The minimum atomic E-state index is -0.650. The summed E-state index contributed by atoms with van der Waals surface area (Å²) in [5.74, 6) is -0.943. The molecule has 0 aliphatic heterocycles. The third kappa shape index (κ3) is 7.88. The number of Topliss-reactive ketones (excluding diaryl/α,β-unsaturated/α-hetero) is 1. The number of ketones is 1. The number of carbonyl (C=O) groups is 3. The molecule has 0 aliphatic rings. The Balaban J connectivity index is 1.85. The molecule has 0 bridgehead atoms. The Morgan fingerprint density at radius 3 is 2.32 bits per heavy atom. The minimum absolute atomic E-state index is 0.120. The number of carbonyl (C=O) groups excluding carboxylic acids is 3. The zero-order valence-corrected chi connectivity index (χ0v) is 25.2. The van der Waals surface area contributed by atoms with Crippen molar-refractivity contribution in [2.45, 2.75) is 33.8 Å². The number of halogens is 2. The molecule has 8 nitrogen and oxygen atoms in total. The summed E-state index contributed by atoms with van der Waals surface area (Å²) in [6, 6.07) is 12.1. The first-order valence-corrected chi connectivity index (χ1v) is 14.1. The van der Waals surface area contributed by atoms with E-state index in [1.165, 1.54) is 13.2 Å². The number of esters is 2. The fourth-order valence-corrected chi connectivity index (χ4v) is 5.33. The smallest absolute Gasteiger partial charge is 0.348 e. The highest BCUT2D eigenvalue weighted by Crippen LogP contribution is 2.33. The van der Waals surface area contributed by atoms with Gasteiger partial charge in [-0.25, -0.2) is 9.59 Å². The van der Waals surface area contributed by atoms with Gasteiger partial charge in [0.25, 0.3) is 0 Å². The Morgan fingerprint density at radius 2 is 1.68 bits per heavy atom. The maximum absolute atomic E-state index is 13.2. The third-order valence-electron chi connectivity index (χ3n) is 5.78. The highest BCUT2D eigenvalue weighted by Gasteiger charge is 2.28. The van der Waals surface area contributed by atoms with Crippen LogP contribution in [0.1, 0.15) is 55.4 Å². The van der Waals surface area contributed by atoms with Crippen molar-refractivity contribution in [2.24, 2.45) is 0 Å². The Hall–Kier alpha value is -3.84. The van der Waals surface area contributed by atoms with E-state index in [0.717, 1.165) is 16.9 Å². The van der Waals surface area contributed by atoms with Crippen LogP contribution in [0.25, 0.3) is 6.08 Å². The second kappa shape index (κ2) is 14.7. The van der Waals surface area contributed by atoms with Gasteiger partial charge < -0.3 is 18.9 Å². The average Bonchev–Trinajstić information content (AvgIpc) is 3.28. The van der Waals surface area contributed by atoms with Crippen molar-refractivity contribution in [3.63, 3.8) is 0 Å². The highest BCUT2D eigenvalue weighted by molar-refractivity contribution is 7.14. The van der Waals surface area contributed by atoms with Gasteiger partial charge in [0.05, 0.1) is 41.5 Å². The topological polar surface area (TPSA) is 112 Å². The summed E-state index contributed by atoms with van der Waals surface area (Å²) < 4.78 is 21.6. The number of thiophene rings is 1. The first kappa shape index (κ1) is 31.7. The van der Waals surface area contributed by atoms with Crippen LogP contribution in [0.4, 0.5) is 0 Å². The molecule has 1 aromatic heterocycles. The monoisotopic (exact) mass is 615 g/mol. The molecule has 2 aromatic carbocycles. The van der Waals surface area contributed by atoms with E-state index < -0.39 is 17.7 Å². The molecular weight excluding hydrogens is 589 g/mol. The van der Waals surface area contributed by atoms with E-state index in [2.05, 4.69) is 0 Å². The van der Waals surface area contributed by atoms with Crippen LogP contribution < -0.4 is 9.47 Å². The molecule has 3 rings (SSSR count). The molecule has 0 aliphatic carbocycles. The number of hydrogen-bond donors (Lipinski definition) is 0. The second-order valence-corrected chi connectivity index (χ2v) is 10.4. The summed E-state index contributed by atoms with van der Waals surface area (Å²) in [6.07, 6.45) is 1.14. The molecule has 214 valence electrons. The van der Waals surface area contributed by atoms with E-state index in [4.69, 9.17) is 42.1 Å². The molecule has 11 heteroatoms. The van der Waals surface area contributed by atoms with Gasteiger partial charge in [-0.15, -0.1) is 11.3 Å². The molecule has 0 fully saturated rings. The summed E-state index contributed by atoms with van der Waals surface area (Å²) >= 11 is 13.0. The van der Waals surface area contributed by atoms with Crippen LogP contribution in [-0.4, -0.2) is 38.0 Å². The van der Waals surface area contributed by atoms with Crippen LogP contribution in [0, 0.1) is 18.3 Å². The Labute approximate surface area is 252 Å². The molecule has 0 atom stereocenters.